The fourth-order valence-electron chi connectivity index (χ4n) is 16.0. The van der Waals surface area contributed by atoms with Crippen molar-refractivity contribution >= 4 is 28.8 Å². The fourth-order valence-corrected chi connectivity index (χ4v) is 17.2. The van der Waals surface area contributed by atoms with E-state index in [1.165, 1.54) is 110 Å². The van der Waals surface area contributed by atoms with E-state index in [2.05, 4.69) is 196 Å². The van der Waals surface area contributed by atoms with E-state index in [-0.39, 0.29) is 16.2 Å². The molecule has 1 heterocycles. The number of fused-ring (bicyclic) bond motifs is 11. The summed E-state index contributed by atoms with van der Waals surface area (Å²) in [5.41, 5.74) is 18.4. The third-order valence-electron chi connectivity index (χ3n) is 18.5. The lowest BCUT2D eigenvalue weighted by Gasteiger charge is -2.78. The third kappa shape index (κ3) is 4.47. The Bertz CT molecular complexity index is 3010. The molecule has 6 aliphatic carbocycles. The molecule has 4 saturated carbocycles. The summed E-state index contributed by atoms with van der Waals surface area (Å²) in [7, 11) is 0. The summed E-state index contributed by atoms with van der Waals surface area (Å²) in [6.45, 7) is 9.86. The number of hydrogen-bond acceptors (Lipinski definition) is 2. The predicted molar refractivity (Wildman–Crippen MR) is 260 cm³/mol. The van der Waals surface area contributed by atoms with Gasteiger partial charge in [-0.1, -0.05) is 161 Å². The molecule has 7 aliphatic rings. The predicted octanol–water partition coefficient (Wildman–Crippen LogP) is 15.7. The van der Waals surface area contributed by atoms with Gasteiger partial charge >= 0.3 is 0 Å². The number of anilines is 3. The molecule has 6 atom stereocenters. The van der Waals surface area contributed by atoms with Crippen molar-refractivity contribution in [3.05, 3.63) is 208 Å². The van der Waals surface area contributed by atoms with Crippen molar-refractivity contribution in [2.45, 2.75) is 97.7 Å². The minimum Gasteiger partial charge on any atom is -0.310 e. The van der Waals surface area contributed by atoms with Crippen molar-refractivity contribution in [3.63, 3.8) is 0 Å². The standard InChI is InChI=1S/C61H55NS/c1-57(2)30-31-58(3,4)49-35-42(26-28-46(49)57)62(43-27-29-53-50(36-43)61(47-22-13-14-25-52(47)63-53)54-33-38-32-41-34-55(61)59(41,54)37-38)51-24-15-23-48-56(51)44-20-11-12-21-45(44)60(48,39-16-7-5-8-17-39)40-18-9-6-10-19-40/h5-29,35-36,38,41,54-55H,30-34,37H2,1-4H3. The van der Waals surface area contributed by atoms with Gasteiger partial charge in [0.1, 0.15) is 0 Å². The second-order valence-corrected chi connectivity index (χ2v) is 23.0. The van der Waals surface area contributed by atoms with Gasteiger partial charge in [0, 0.05) is 32.1 Å². The van der Waals surface area contributed by atoms with Crippen molar-refractivity contribution in [2.75, 3.05) is 4.90 Å². The SMILES string of the molecule is CC1(C)CCC(C)(C)c2cc(N(c3ccc4c(c3)C3(c5ccccc5S4)C4CC5CC6CC3C64C5)c3cccc4c3-c3ccccc3C4(c3ccccc3)c3ccccc3)ccc21. The van der Waals surface area contributed by atoms with Crippen LogP contribution in [-0.4, -0.2) is 0 Å². The van der Waals surface area contributed by atoms with Crippen molar-refractivity contribution in [3.8, 4) is 11.1 Å². The van der Waals surface area contributed by atoms with Crippen LogP contribution in [-0.2, 0) is 21.7 Å². The Morgan fingerprint density at radius 3 is 1.84 bits per heavy atom. The maximum absolute atomic E-state index is 2.71. The van der Waals surface area contributed by atoms with E-state index in [0.717, 1.165) is 23.7 Å². The summed E-state index contributed by atoms with van der Waals surface area (Å²) in [4.78, 5) is 5.66. The lowest BCUT2D eigenvalue weighted by molar-refractivity contribution is -0.235. The summed E-state index contributed by atoms with van der Waals surface area (Å²) >= 11 is 2.02. The minimum atomic E-state index is -0.471. The maximum atomic E-state index is 2.71. The molecule has 14 rings (SSSR count). The molecule has 1 nitrogen and oxygen atoms in total. The molecule has 0 saturated heterocycles. The third-order valence-corrected chi connectivity index (χ3v) is 19.7. The van der Waals surface area contributed by atoms with Gasteiger partial charge in [-0.05, 0) is 171 Å². The molecule has 2 spiro atoms. The van der Waals surface area contributed by atoms with Crippen molar-refractivity contribution in [1.29, 1.82) is 0 Å². The Labute approximate surface area is 378 Å². The first kappa shape index (κ1) is 37.1. The Kier molecular flexibility index (Phi) is 7.35. The largest absolute Gasteiger partial charge is 0.310 e. The van der Waals surface area contributed by atoms with Gasteiger partial charge in [-0.3, -0.25) is 0 Å². The van der Waals surface area contributed by atoms with E-state index in [0.29, 0.717) is 5.41 Å². The molecule has 0 N–H and O–H groups in total. The molecule has 7 aromatic carbocycles. The Morgan fingerprint density at radius 1 is 0.492 bits per heavy atom. The molecule has 0 radical (unpaired) electrons. The van der Waals surface area contributed by atoms with E-state index in [1.807, 2.05) is 11.8 Å². The van der Waals surface area contributed by atoms with E-state index in [1.54, 1.807) is 11.1 Å². The van der Waals surface area contributed by atoms with Gasteiger partial charge in [-0.15, -0.1) is 0 Å². The van der Waals surface area contributed by atoms with Crippen LogP contribution in [0.2, 0.25) is 0 Å². The van der Waals surface area contributed by atoms with Crippen molar-refractivity contribution in [1.82, 2.24) is 0 Å². The smallest absolute Gasteiger partial charge is 0.0714 e. The average molecular weight is 834 g/mol. The van der Waals surface area contributed by atoms with Gasteiger partial charge in [-0.25, -0.2) is 0 Å². The quantitative estimate of drug-likeness (QED) is 0.170. The zero-order valence-corrected chi connectivity index (χ0v) is 37.8. The van der Waals surface area contributed by atoms with E-state index in [4.69, 9.17) is 0 Å². The molecule has 2 heteroatoms. The normalized spacial score (nSPS) is 28.4. The van der Waals surface area contributed by atoms with Crippen LogP contribution in [0.3, 0.4) is 0 Å². The first-order chi connectivity index (χ1) is 30.7. The van der Waals surface area contributed by atoms with Crippen LogP contribution >= 0.6 is 11.8 Å². The van der Waals surface area contributed by atoms with E-state index in [9.17, 15) is 0 Å². The summed E-state index contributed by atoms with van der Waals surface area (Å²) in [5, 5.41) is 0. The number of benzene rings is 7. The molecule has 0 amide bonds. The molecular formula is C61H55NS. The van der Waals surface area contributed by atoms with Crippen LogP contribution in [0.25, 0.3) is 11.1 Å². The van der Waals surface area contributed by atoms with Crippen molar-refractivity contribution in [2.24, 2.45) is 29.1 Å². The first-order valence-electron chi connectivity index (χ1n) is 23.9. The number of rotatable bonds is 5. The summed E-state index contributed by atoms with van der Waals surface area (Å²) in [5.74, 6) is 3.35. The molecule has 63 heavy (non-hydrogen) atoms. The lowest BCUT2D eigenvalue weighted by Crippen LogP contribution is -2.74. The summed E-state index contributed by atoms with van der Waals surface area (Å²) in [6.07, 6.45) is 8.16. The molecule has 0 aromatic heterocycles. The minimum absolute atomic E-state index is 0.0800. The van der Waals surface area contributed by atoms with Crippen LogP contribution in [0, 0.1) is 29.1 Å². The average Bonchev–Trinajstić information content (AvgIpc) is 3.95. The van der Waals surface area contributed by atoms with Gasteiger partial charge in [0.15, 0.2) is 0 Å². The van der Waals surface area contributed by atoms with Gasteiger partial charge in [0.05, 0.1) is 11.1 Å². The number of hydrogen-bond donors (Lipinski definition) is 0. The highest BCUT2D eigenvalue weighted by molar-refractivity contribution is 7.99. The molecule has 4 fully saturated rings. The second-order valence-electron chi connectivity index (χ2n) is 21.9. The highest BCUT2D eigenvalue weighted by Gasteiger charge is 2.84. The summed E-state index contributed by atoms with van der Waals surface area (Å²) in [6, 6.07) is 63.9. The molecular weight excluding hydrogens is 779 g/mol. The first-order valence-corrected chi connectivity index (χ1v) is 24.7. The fraction of sp³-hybridized carbons (Fsp3) is 0.311. The maximum Gasteiger partial charge on any atom is 0.0714 e. The zero-order chi connectivity index (χ0) is 42.1. The van der Waals surface area contributed by atoms with Crippen LogP contribution in [0.1, 0.15) is 111 Å². The molecule has 6 unspecified atom stereocenters. The summed E-state index contributed by atoms with van der Waals surface area (Å²) < 4.78 is 0. The lowest BCUT2D eigenvalue weighted by atomic mass is 9.26. The van der Waals surface area contributed by atoms with E-state index >= 15 is 0 Å². The Hall–Kier alpha value is -5.31. The molecule has 2 bridgehead atoms. The van der Waals surface area contributed by atoms with Crippen LogP contribution in [0.5, 0.6) is 0 Å². The van der Waals surface area contributed by atoms with Crippen LogP contribution in [0.4, 0.5) is 17.1 Å². The van der Waals surface area contributed by atoms with Crippen LogP contribution < -0.4 is 4.90 Å². The van der Waals surface area contributed by atoms with Gasteiger partial charge in [0.2, 0.25) is 0 Å². The van der Waals surface area contributed by atoms with E-state index < -0.39 is 5.41 Å². The van der Waals surface area contributed by atoms with Gasteiger partial charge in [0.25, 0.3) is 0 Å². The molecule has 1 aliphatic heterocycles. The van der Waals surface area contributed by atoms with Crippen molar-refractivity contribution < 1.29 is 0 Å². The highest BCUT2D eigenvalue weighted by Crippen LogP contribution is 2.89. The zero-order valence-electron chi connectivity index (χ0n) is 37.0. The van der Waals surface area contributed by atoms with Gasteiger partial charge < -0.3 is 4.90 Å². The topological polar surface area (TPSA) is 3.24 Å². The molecule has 7 aromatic rings. The Morgan fingerprint density at radius 2 is 1.10 bits per heavy atom. The number of nitrogens with zero attached hydrogens (tertiary/aromatic N) is 1. The Balaban J connectivity index is 1.05. The highest BCUT2D eigenvalue weighted by atomic mass is 32.2. The van der Waals surface area contributed by atoms with Gasteiger partial charge in [-0.2, -0.15) is 0 Å². The monoisotopic (exact) mass is 833 g/mol. The second kappa shape index (κ2) is 12.5. The van der Waals surface area contributed by atoms with Crippen LogP contribution in [0.15, 0.2) is 174 Å². The molecule has 310 valence electrons.